The fourth-order valence-corrected chi connectivity index (χ4v) is 4.52. The van der Waals surface area contributed by atoms with Crippen molar-refractivity contribution >= 4 is 17.1 Å². The lowest BCUT2D eigenvalue weighted by Crippen LogP contribution is -2.35. The first-order valence-electron chi connectivity index (χ1n) is 7.95. The molecular weight excluding hydrogens is 278 g/mol. The van der Waals surface area contributed by atoms with Gasteiger partial charge in [-0.05, 0) is 48.6 Å². The van der Waals surface area contributed by atoms with Crippen LogP contribution in [0.3, 0.4) is 0 Å². The molecule has 2 aromatic rings. The summed E-state index contributed by atoms with van der Waals surface area (Å²) in [6.45, 7) is 1.74. The van der Waals surface area contributed by atoms with Crippen molar-refractivity contribution in [3.05, 3.63) is 30.0 Å². The quantitative estimate of drug-likeness (QED) is 0.812. The Labute approximate surface area is 127 Å². The second-order valence-corrected chi connectivity index (χ2v) is 6.69. The average molecular weight is 295 g/mol. The third-order valence-electron chi connectivity index (χ3n) is 5.64. The van der Waals surface area contributed by atoms with Crippen LogP contribution in [0, 0.1) is 23.7 Å². The first-order chi connectivity index (χ1) is 10.8. The molecule has 6 rings (SSSR count). The summed E-state index contributed by atoms with van der Waals surface area (Å²) in [4.78, 5) is 19.1. The Balaban J connectivity index is 1.42. The van der Waals surface area contributed by atoms with E-state index in [-0.39, 0.29) is 5.91 Å². The lowest BCUT2D eigenvalue weighted by atomic mass is 9.64. The summed E-state index contributed by atoms with van der Waals surface area (Å²) in [6.07, 6.45) is 7.33. The fourth-order valence-electron chi connectivity index (χ4n) is 4.52. The summed E-state index contributed by atoms with van der Waals surface area (Å²) in [5, 5.41) is 10.5. The number of aromatic amines is 1. The van der Waals surface area contributed by atoms with Gasteiger partial charge in [-0.3, -0.25) is 4.79 Å². The number of amides is 1. The third kappa shape index (κ3) is 1.66. The van der Waals surface area contributed by atoms with E-state index in [1.54, 1.807) is 12.1 Å². The van der Waals surface area contributed by atoms with Crippen LogP contribution in [0.2, 0.25) is 0 Å². The minimum Gasteiger partial charge on any atom is -0.337 e. The number of hydrogen-bond donors (Lipinski definition) is 1. The van der Waals surface area contributed by atoms with Crippen molar-refractivity contribution in [2.75, 3.05) is 13.1 Å². The van der Waals surface area contributed by atoms with E-state index in [9.17, 15) is 4.79 Å². The van der Waals surface area contributed by atoms with E-state index in [1.165, 1.54) is 12.8 Å². The molecule has 1 amide bonds. The van der Waals surface area contributed by atoms with Crippen LogP contribution in [-0.2, 0) is 0 Å². The highest BCUT2D eigenvalue weighted by atomic mass is 16.2. The molecule has 2 fully saturated rings. The monoisotopic (exact) mass is 295 g/mol. The molecule has 4 aliphatic rings. The number of aromatic nitrogens is 4. The molecule has 1 aliphatic heterocycles. The van der Waals surface area contributed by atoms with Gasteiger partial charge in [-0.2, -0.15) is 10.3 Å². The lowest BCUT2D eigenvalue weighted by Gasteiger charge is -2.40. The molecule has 1 saturated heterocycles. The highest BCUT2D eigenvalue weighted by molar-refractivity contribution is 5.94. The van der Waals surface area contributed by atoms with Crippen LogP contribution in [0.1, 0.15) is 23.3 Å². The Morgan fingerprint density at radius 2 is 1.82 bits per heavy atom. The van der Waals surface area contributed by atoms with Crippen LogP contribution in [0.4, 0.5) is 0 Å². The molecule has 6 heteroatoms. The maximum atomic E-state index is 12.8. The Morgan fingerprint density at radius 3 is 2.50 bits per heavy atom. The first kappa shape index (κ1) is 12.3. The molecule has 1 saturated carbocycles. The highest BCUT2D eigenvalue weighted by Gasteiger charge is 2.47. The molecule has 2 aromatic heterocycles. The molecule has 6 nitrogen and oxygen atoms in total. The van der Waals surface area contributed by atoms with E-state index < -0.39 is 0 Å². The number of H-pyrrole nitrogens is 1. The van der Waals surface area contributed by atoms with Gasteiger partial charge in [0.15, 0.2) is 0 Å². The van der Waals surface area contributed by atoms with Crippen molar-refractivity contribution < 1.29 is 4.79 Å². The predicted molar refractivity (Wildman–Crippen MR) is 79.9 cm³/mol. The zero-order valence-electron chi connectivity index (χ0n) is 12.1. The molecule has 0 radical (unpaired) electrons. The van der Waals surface area contributed by atoms with Gasteiger partial charge in [0.1, 0.15) is 11.2 Å². The number of nitrogens with zero attached hydrogens (tertiary/aromatic N) is 4. The van der Waals surface area contributed by atoms with E-state index in [0.29, 0.717) is 40.5 Å². The molecule has 3 heterocycles. The van der Waals surface area contributed by atoms with Crippen LogP contribution in [0.15, 0.2) is 24.3 Å². The van der Waals surface area contributed by atoms with Crippen molar-refractivity contribution in [2.24, 2.45) is 23.7 Å². The summed E-state index contributed by atoms with van der Waals surface area (Å²) in [7, 11) is 0. The average Bonchev–Trinajstić information content (AvgIpc) is 3.22. The topological polar surface area (TPSA) is 74.8 Å². The zero-order valence-corrected chi connectivity index (χ0v) is 12.1. The zero-order chi connectivity index (χ0) is 14.7. The molecule has 1 N–H and O–H groups in total. The Hall–Kier alpha value is -2.24. The van der Waals surface area contributed by atoms with E-state index in [4.69, 9.17) is 0 Å². The minimum atomic E-state index is 0.0266. The number of nitrogens with one attached hydrogen (secondary N) is 1. The van der Waals surface area contributed by atoms with Crippen molar-refractivity contribution in [3.8, 4) is 0 Å². The van der Waals surface area contributed by atoms with Crippen molar-refractivity contribution in [3.63, 3.8) is 0 Å². The van der Waals surface area contributed by atoms with Crippen LogP contribution in [-0.4, -0.2) is 44.3 Å². The number of rotatable bonds is 1. The number of fused-ring (bicyclic) bond motifs is 2. The number of pyridine rings is 1. The maximum absolute atomic E-state index is 12.8. The highest BCUT2D eigenvalue weighted by Crippen LogP contribution is 2.48. The van der Waals surface area contributed by atoms with Gasteiger partial charge in [0.2, 0.25) is 5.65 Å². The SMILES string of the molecule is O=C(c1ccc2n[nH]nc2n1)N1CC2C3C=CC(CC3)C2C1. The van der Waals surface area contributed by atoms with Crippen molar-refractivity contribution in [2.45, 2.75) is 12.8 Å². The molecular formula is C16H17N5O. The van der Waals surface area contributed by atoms with Gasteiger partial charge in [-0.1, -0.05) is 12.2 Å². The molecule has 4 atom stereocenters. The molecule has 0 spiro atoms. The number of carbonyl (C=O) groups is 1. The molecule has 3 aliphatic carbocycles. The molecule has 0 aromatic carbocycles. The number of hydrogen-bond acceptors (Lipinski definition) is 4. The molecule has 4 unspecified atom stereocenters. The van der Waals surface area contributed by atoms with E-state index in [1.807, 2.05) is 4.90 Å². The van der Waals surface area contributed by atoms with Gasteiger partial charge >= 0.3 is 0 Å². The minimum absolute atomic E-state index is 0.0266. The summed E-state index contributed by atoms with van der Waals surface area (Å²) >= 11 is 0. The molecule has 112 valence electrons. The summed E-state index contributed by atoms with van der Waals surface area (Å²) < 4.78 is 0. The number of likely N-dealkylation sites (tertiary alicyclic amines) is 1. The number of allylic oxidation sites excluding steroid dienone is 2. The van der Waals surface area contributed by atoms with Gasteiger partial charge in [0, 0.05) is 13.1 Å². The standard InChI is InChI=1S/C16H17N5O/c22-16(14-6-5-13-15(17-14)19-20-18-13)21-7-11-9-1-2-10(4-3-9)12(11)8-21/h1-2,5-6,9-12H,3-4,7-8H2,(H,17,18,19,20). The van der Waals surface area contributed by atoms with E-state index >= 15 is 0 Å². The normalized spacial score (nSPS) is 32.6. The van der Waals surface area contributed by atoms with E-state index in [2.05, 4.69) is 32.5 Å². The smallest absolute Gasteiger partial charge is 0.272 e. The summed E-state index contributed by atoms with van der Waals surface area (Å²) in [5.41, 5.74) is 1.67. The first-order valence-corrected chi connectivity index (χ1v) is 7.95. The Kier molecular flexibility index (Phi) is 2.45. The fraction of sp³-hybridized carbons (Fsp3) is 0.500. The third-order valence-corrected chi connectivity index (χ3v) is 5.64. The van der Waals surface area contributed by atoms with Gasteiger partial charge in [-0.15, -0.1) is 5.10 Å². The predicted octanol–water partition coefficient (Wildman–Crippen LogP) is 1.64. The summed E-state index contributed by atoms with van der Waals surface area (Å²) in [5.74, 6) is 2.64. The number of carbonyl (C=O) groups excluding carboxylic acids is 1. The van der Waals surface area contributed by atoms with Gasteiger partial charge in [0.25, 0.3) is 5.91 Å². The Morgan fingerprint density at radius 1 is 1.09 bits per heavy atom. The second-order valence-electron chi connectivity index (χ2n) is 6.69. The van der Waals surface area contributed by atoms with Crippen molar-refractivity contribution in [1.29, 1.82) is 0 Å². The van der Waals surface area contributed by atoms with Crippen LogP contribution in [0.5, 0.6) is 0 Å². The lowest BCUT2D eigenvalue weighted by molar-refractivity contribution is 0.0777. The second kappa shape index (κ2) is 4.38. The van der Waals surface area contributed by atoms with Crippen LogP contribution < -0.4 is 0 Å². The van der Waals surface area contributed by atoms with Gasteiger partial charge < -0.3 is 4.90 Å². The maximum Gasteiger partial charge on any atom is 0.272 e. The van der Waals surface area contributed by atoms with Crippen LogP contribution in [0.25, 0.3) is 11.2 Å². The summed E-state index contributed by atoms with van der Waals surface area (Å²) in [6, 6.07) is 3.55. The van der Waals surface area contributed by atoms with Crippen LogP contribution >= 0.6 is 0 Å². The van der Waals surface area contributed by atoms with Gasteiger partial charge in [0.05, 0.1) is 0 Å². The molecule has 22 heavy (non-hydrogen) atoms. The van der Waals surface area contributed by atoms with Crippen molar-refractivity contribution in [1.82, 2.24) is 25.3 Å². The Bertz CT molecular complexity index is 760. The van der Waals surface area contributed by atoms with E-state index in [0.717, 1.165) is 13.1 Å². The van der Waals surface area contributed by atoms with Gasteiger partial charge in [-0.25, -0.2) is 4.98 Å². The molecule has 2 bridgehead atoms. The largest absolute Gasteiger partial charge is 0.337 e.